The van der Waals surface area contributed by atoms with Crippen LogP contribution in [-0.4, -0.2) is 65.6 Å². The van der Waals surface area contributed by atoms with Gasteiger partial charge in [-0.2, -0.15) is 0 Å². The zero-order valence-corrected chi connectivity index (χ0v) is 15.4. The Morgan fingerprint density at radius 1 is 1.12 bits per heavy atom. The average molecular weight is 406 g/mol. The summed E-state index contributed by atoms with van der Waals surface area (Å²) in [5, 5.41) is 16.8. The van der Waals surface area contributed by atoms with Gasteiger partial charge in [-0.15, -0.1) is 0 Å². The predicted octanol–water partition coefficient (Wildman–Crippen LogP) is -1.12. The van der Waals surface area contributed by atoms with Crippen molar-refractivity contribution in [2.75, 3.05) is 12.3 Å². The first kappa shape index (κ1) is 26.1. The normalized spacial score (nSPS) is 16.2. The number of rotatable bonds is 8. The Labute approximate surface area is 143 Å². The Morgan fingerprint density at radius 2 is 1.56 bits per heavy atom. The second-order valence-corrected chi connectivity index (χ2v) is 8.98. The van der Waals surface area contributed by atoms with E-state index in [1.807, 2.05) is 0 Å². The molecule has 12 nitrogen and oxygen atoms in total. The van der Waals surface area contributed by atoms with E-state index < -0.39 is 51.0 Å². The van der Waals surface area contributed by atoms with Crippen molar-refractivity contribution in [2.45, 2.75) is 31.8 Å². The lowest BCUT2D eigenvalue weighted by Gasteiger charge is -2.18. The molecule has 0 rings (SSSR count). The van der Waals surface area contributed by atoms with Crippen LogP contribution in [0.2, 0.25) is 0 Å². The molecule has 0 heterocycles. The highest BCUT2D eigenvalue weighted by Gasteiger charge is 2.30. The summed E-state index contributed by atoms with van der Waals surface area (Å²) in [5.74, 6) is -2.50. The Bertz CT molecular complexity index is 592. The van der Waals surface area contributed by atoms with Gasteiger partial charge in [-0.25, -0.2) is 0 Å². The summed E-state index contributed by atoms with van der Waals surface area (Å²) in [4.78, 5) is 54.5. The van der Waals surface area contributed by atoms with Gasteiger partial charge in [0.15, 0.2) is 0 Å². The Balaban J connectivity index is 0. The van der Waals surface area contributed by atoms with Gasteiger partial charge in [0.25, 0.3) is 0 Å². The minimum atomic E-state index is -4.15. The van der Waals surface area contributed by atoms with Crippen LogP contribution in [-0.2, 0) is 18.7 Å². The lowest BCUT2D eigenvalue weighted by atomic mass is 10.0. The Kier molecular flexibility index (Phi) is 10.6. The van der Waals surface area contributed by atoms with Crippen molar-refractivity contribution in [3.63, 3.8) is 0 Å². The first-order valence-electron chi connectivity index (χ1n) is 6.64. The van der Waals surface area contributed by atoms with Crippen molar-refractivity contribution in [1.82, 2.24) is 0 Å². The van der Waals surface area contributed by atoms with E-state index in [-0.39, 0.29) is 12.0 Å². The molecule has 0 fully saturated rings. The van der Waals surface area contributed by atoms with Crippen LogP contribution in [0.25, 0.3) is 0 Å². The first-order valence-corrected chi connectivity index (χ1v) is 10.2. The van der Waals surface area contributed by atoms with Crippen molar-refractivity contribution in [3.8, 4) is 0 Å². The number of allylic oxidation sites excluding steroid dienone is 1. The molecule has 2 atom stereocenters. The van der Waals surface area contributed by atoms with Crippen molar-refractivity contribution < 1.29 is 48.5 Å². The molecular weight excluding hydrogens is 382 g/mol. The van der Waals surface area contributed by atoms with Crippen LogP contribution in [0, 0.1) is 0 Å². The van der Waals surface area contributed by atoms with Crippen LogP contribution in [0.5, 0.6) is 0 Å². The van der Waals surface area contributed by atoms with Gasteiger partial charge in [0.1, 0.15) is 11.6 Å². The molecule has 0 aromatic rings. The van der Waals surface area contributed by atoms with Gasteiger partial charge in [0.2, 0.25) is 0 Å². The largest absolute Gasteiger partial charge is 0.480 e. The van der Waals surface area contributed by atoms with Gasteiger partial charge in [0.05, 0.1) is 12.3 Å². The fourth-order valence-corrected chi connectivity index (χ4v) is 2.75. The topological polar surface area (TPSA) is 242 Å². The Morgan fingerprint density at radius 3 is 1.84 bits per heavy atom. The quantitative estimate of drug-likeness (QED) is 0.176. The molecule has 148 valence electrons. The van der Waals surface area contributed by atoms with Crippen LogP contribution in [0.1, 0.15) is 20.3 Å². The summed E-state index contributed by atoms with van der Waals surface area (Å²) in [6.45, 7) is 2.63. The molecule has 0 aromatic carbocycles. The molecule has 0 amide bonds. The number of carboxylic acids is 2. The molecule has 0 aromatic heterocycles. The molecule has 0 bridgehead atoms. The number of hydrogen-bond acceptors (Lipinski definition) is 6. The van der Waals surface area contributed by atoms with Crippen LogP contribution >= 0.6 is 15.2 Å². The number of nitrogens with two attached hydrogens (primary N) is 2. The predicted molar refractivity (Wildman–Crippen MR) is 88.0 cm³/mol. The van der Waals surface area contributed by atoms with Crippen molar-refractivity contribution in [2.24, 2.45) is 11.5 Å². The smallest absolute Gasteiger partial charge is 0.329 e. The fourth-order valence-electron chi connectivity index (χ4n) is 1.24. The second-order valence-electron chi connectivity index (χ2n) is 5.56. The number of carbonyl (C=O) groups is 2. The highest BCUT2D eigenvalue weighted by molar-refractivity contribution is 7.52. The maximum Gasteiger partial charge on any atom is 0.329 e. The minimum absolute atomic E-state index is 0.243. The van der Waals surface area contributed by atoms with E-state index in [2.05, 4.69) is 0 Å². The van der Waals surface area contributed by atoms with E-state index in [1.165, 1.54) is 13.8 Å². The van der Waals surface area contributed by atoms with Gasteiger partial charge >= 0.3 is 27.1 Å². The van der Waals surface area contributed by atoms with Crippen molar-refractivity contribution in [1.29, 1.82) is 0 Å². The van der Waals surface area contributed by atoms with Crippen LogP contribution < -0.4 is 11.5 Å². The minimum Gasteiger partial charge on any atom is -0.480 e. The zero-order valence-electron chi connectivity index (χ0n) is 13.6. The lowest BCUT2D eigenvalue weighted by molar-refractivity contribution is -0.142. The third-order valence-electron chi connectivity index (χ3n) is 2.62. The van der Waals surface area contributed by atoms with E-state index >= 15 is 0 Å². The lowest BCUT2D eigenvalue weighted by Crippen LogP contribution is -2.45. The average Bonchev–Trinajstić information content (AvgIpc) is 2.33. The highest BCUT2D eigenvalue weighted by atomic mass is 31.2. The fraction of sp³-hybridized carbons (Fsp3) is 0.636. The third-order valence-corrected chi connectivity index (χ3v) is 4.33. The van der Waals surface area contributed by atoms with Gasteiger partial charge in [-0.1, -0.05) is 11.6 Å². The van der Waals surface area contributed by atoms with E-state index in [0.717, 1.165) is 6.08 Å². The Hall–Kier alpha value is -1.10. The SMILES string of the molecule is CC(=CC(N)C(=O)O)CP(=O)(O)O.C[C@](N)(CCP(=O)(O)O)C(=O)O. The van der Waals surface area contributed by atoms with E-state index in [0.29, 0.717) is 0 Å². The van der Waals surface area contributed by atoms with Crippen LogP contribution in [0.15, 0.2) is 11.6 Å². The van der Waals surface area contributed by atoms with Crippen LogP contribution in [0.3, 0.4) is 0 Å². The summed E-state index contributed by atoms with van der Waals surface area (Å²) in [6.07, 6.45) is -0.103. The summed E-state index contributed by atoms with van der Waals surface area (Å²) in [7, 11) is -8.27. The highest BCUT2D eigenvalue weighted by Crippen LogP contribution is 2.37. The molecule has 0 radical (unpaired) electrons. The van der Waals surface area contributed by atoms with Gasteiger partial charge in [0, 0.05) is 0 Å². The molecule has 0 aliphatic carbocycles. The molecule has 0 saturated heterocycles. The summed E-state index contributed by atoms with van der Waals surface area (Å²) < 4.78 is 20.8. The molecule has 10 N–H and O–H groups in total. The van der Waals surface area contributed by atoms with Crippen LogP contribution in [0.4, 0.5) is 0 Å². The number of aliphatic carboxylic acids is 2. The first-order chi connectivity index (χ1) is 10.9. The maximum absolute atomic E-state index is 10.5. The molecule has 0 aliphatic rings. The summed E-state index contributed by atoms with van der Waals surface area (Å²) in [6, 6.07) is -1.22. The van der Waals surface area contributed by atoms with Gasteiger partial charge in [-0.05, 0) is 20.3 Å². The second kappa shape index (κ2) is 10.1. The van der Waals surface area contributed by atoms with E-state index in [9.17, 15) is 18.7 Å². The monoisotopic (exact) mass is 406 g/mol. The number of hydrogen-bond donors (Lipinski definition) is 8. The van der Waals surface area contributed by atoms with E-state index in [4.69, 9.17) is 41.3 Å². The zero-order chi connectivity index (χ0) is 20.6. The molecular formula is C11H24N2O10P2. The van der Waals surface area contributed by atoms with Gasteiger partial charge in [-0.3, -0.25) is 18.7 Å². The maximum atomic E-state index is 10.5. The summed E-state index contributed by atoms with van der Waals surface area (Å²) >= 11 is 0. The molecule has 0 aliphatic heterocycles. The third kappa shape index (κ3) is 16.1. The molecule has 0 spiro atoms. The molecule has 14 heteroatoms. The molecule has 25 heavy (non-hydrogen) atoms. The summed E-state index contributed by atoms with van der Waals surface area (Å²) in [5.41, 5.74) is 9.03. The standard InChI is InChI=1S/C6H12NO5P.C5H12NO5P/c1-4(3-13(10,11)12)2-5(7)6(8)9;1-5(6,4(7)8)2-3-12(9,10)11/h2,5H,3,7H2,1H3,(H,8,9)(H2,10,11,12);2-3,6H2,1H3,(H,7,8)(H2,9,10,11)/t;5-/m.0/s1. The molecule has 1 unspecified atom stereocenters. The molecule has 0 saturated carbocycles. The number of carboxylic acid groups (broad SMARTS) is 2. The van der Waals surface area contributed by atoms with Gasteiger partial charge < -0.3 is 41.3 Å². The van der Waals surface area contributed by atoms with E-state index in [1.54, 1.807) is 0 Å². The van der Waals surface area contributed by atoms with Crippen molar-refractivity contribution in [3.05, 3.63) is 11.6 Å². The van der Waals surface area contributed by atoms with Crippen molar-refractivity contribution >= 4 is 27.1 Å².